The highest BCUT2D eigenvalue weighted by molar-refractivity contribution is 7.86. The van der Waals surface area contributed by atoms with E-state index in [1.807, 2.05) is 36.7 Å². The van der Waals surface area contributed by atoms with E-state index in [0.29, 0.717) is 68.1 Å². The van der Waals surface area contributed by atoms with E-state index in [1.165, 1.54) is 37.4 Å². The molecule has 16 nitrogen and oxygen atoms in total. The number of hydrogen-bond acceptors (Lipinski definition) is 14. The lowest BCUT2D eigenvalue weighted by molar-refractivity contribution is -0.441. The lowest BCUT2D eigenvalue weighted by atomic mass is 9.76. The van der Waals surface area contributed by atoms with E-state index in [4.69, 9.17) is 15.3 Å². The molecule has 3 N–H and O–H groups in total. The number of hydrogen-bond donors (Lipinski definition) is 2. The minimum absolute atomic E-state index is 0.0114. The summed E-state index contributed by atoms with van der Waals surface area (Å²) in [7, 11) is -11.0. The van der Waals surface area contributed by atoms with Crippen LogP contribution in [0.5, 0.6) is 0 Å². The standard InChI is InChI=1S/C40H54N4O12S3/c1-39(21-13-27-57(46,47)48)32-28-30(58(49,50)51)18-20-35(32)44(24-26-56-4)36(39)14-9-6-5-7-10-15-37-40(2,22-25-55-3)33-29-31(59(52,53)54)17-19-34(33)43(37)23-12-8-11-16-38(45)42-41/h5-7,9-10,14-15,17-20,28-29H,8,11-13,16,21-27,41H2,1-4H3,(H3-,42,45,46,47,48,49,50,51,52,53,54)/p-2. The zero-order chi connectivity index (χ0) is 43.6. The molecule has 59 heavy (non-hydrogen) atoms. The number of nitrogens with two attached hydrogens (primary N) is 1. The maximum atomic E-state index is 12.1. The van der Waals surface area contributed by atoms with Crippen LogP contribution in [0.4, 0.5) is 11.4 Å². The van der Waals surface area contributed by atoms with Crippen molar-refractivity contribution in [1.29, 1.82) is 0 Å². The summed E-state index contributed by atoms with van der Waals surface area (Å²) >= 11 is 0. The second-order valence-electron chi connectivity index (χ2n) is 14.8. The van der Waals surface area contributed by atoms with Crippen LogP contribution in [0.1, 0.15) is 69.9 Å². The van der Waals surface area contributed by atoms with Gasteiger partial charge in [-0.15, -0.1) is 0 Å². The Bertz CT molecular complexity index is 2360. The number of unbranched alkanes of at least 4 members (excludes halogenated alkanes) is 2. The Morgan fingerprint density at radius 2 is 1.42 bits per heavy atom. The average molecular weight is 877 g/mol. The molecule has 0 spiro atoms. The number of methoxy groups -OCH3 is 2. The minimum atomic E-state index is -4.81. The number of benzene rings is 2. The highest BCUT2D eigenvalue weighted by Crippen LogP contribution is 2.51. The predicted molar refractivity (Wildman–Crippen MR) is 219 cm³/mol. The average Bonchev–Trinajstić information content (AvgIpc) is 3.53. The number of hydrazine groups is 1. The Balaban J connectivity index is 1.69. The molecule has 0 bridgehead atoms. The highest BCUT2D eigenvalue weighted by atomic mass is 32.2. The Labute approximate surface area is 347 Å². The van der Waals surface area contributed by atoms with E-state index in [0.717, 1.165) is 17.8 Å². The third-order valence-electron chi connectivity index (χ3n) is 10.8. The Kier molecular flexibility index (Phi) is 16.2. The maximum absolute atomic E-state index is 12.1. The fourth-order valence-electron chi connectivity index (χ4n) is 7.76. The topological polar surface area (TPSA) is 251 Å². The molecule has 4 rings (SSSR count). The largest absolute Gasteiger partial charge is 0.748 e. The van der Waals surface area contributed by atoms with Gasteiger partial charge in [0.2, 0.25) is 11.6 Å². The Morgan fingerprint density at radius 3 is 2.05 bits per heavy atom. The van der Waals surface area contributed by atoms with Crippen molar-refractivity contribution in [3.8, 4) is 0 Å². The zero-order valence-corrected chi connectivity index (χ0v) is 36.0. The van der Waals surface area contributed by atoms with Crippen LogP contribution >= 0.6 is 0 Å². The fourth-order valence-corrected chi connectivity index (χ4v) is 9.26. The predicted octanol–water partition coefficient (Wildman–Crippen LogP) is 3.74. The molecule has 2 atom stereocenters. The van der Waals surface area contributed by atoms with Gasteiger partial charge in [-0.2, -0.15) is 4.58 Å². The number of fused-ring (bicyclic) bond motifs is 2. The normalized spacial score (nSPS) is 20.5. The smallest absolute Gasteiger partial charge is 0.233 e. The molecule has 2 aliphatic heterocycles. The first-order valence-corrected chi connectivity index (χ1v) is 23.4. The second-order valence-corrected chi connectivity index (χ2v) is 19.1. The van der Waals surface area contributed by atoms with Gasteiger partial charge in [0.25, 0.3) is 0 Å². The number of nitrogens with one attached hydrogen (secondary N) is 1. The molecule has 0 fully saturated rings. The zero-order valence-electron chi connectivity index (χ0n) is 33.6. The summed E-state index contributed by atoms with van der Waals surface area (Å²) in [5.74, 6) is 4.34. The quantitative estimate of drug-likeness (QED) is 0.0325. The Hall–Kier alpha value is -4.05. The number of carbonyl (C=O) groups excluding carboxylic acids is 1. The molecule has 2 unspecified atom stereocenters. The van der Waals surface area contributed by atoms with Crippen molar-refractivity contribution < 1.29 is 57.8 Å². The minimum Gasteiger partial charge on any atom is -0.748 e. The lowest BCUT2D eigenvalue weighted by Crippen LogP contribution is -2.32. The number of allylic oxidation sites excluding steroid dienone is 8. The van der Waals surface area contributed by atoms with Crippen LogP contribution in [0.2, 0.25) is 0 Å². The van der Waals surface area contributed by atoms with Crippen molar-refractivity contribution in [3.63, 3.8) is 0 Å². The van der Waals surface area contributed by atoms with Crippen LogP contribution in [0.3, 0.4) is 0 Å². The van der Waals surface area contributed by atoms with E-state index in [2.05, 4.69) is 10.3 Å². The van der Waals surface area contributed by atoms with Crippen LogP contribution in [0.15, 0.2) is 94.4 Å². The first-order valence-electron chi connectivity index (χ1n) is 19.0. The van der Waals surface area contributed by atoms with Crippen LogP contribution in [0, 0.1) is 0 Å². The van der Waals surface area contributed by atoms with Gasteiger partial charge in [0.1, 0.15) is 26.8 Å². The van der Waals surface area contributed by atoms with Gasteiger partial charge in [0, 0.05) is 74.1 Å². The van der Waals surface area contributed by atoms with Gasteiger partial charge in [0.15, 0.2) is 12.3 Å². The maximum Gasteiger partial charge on any atom is 0.233 e. The van der Waals surface area contributed by atoms with E-state index >= 15 is 0 Å². The summed E-state index contributed by atoms with van der Waals surface area (Å²) in [6.07, 6.45) is 15.6. The molecule has 0 saturated carbocycles. The molecule has 1 amide bonds. The molecule has 0 aromatic heterocycles. The fraction of sp³-hybridized carbons (Fsp3) is 0.450. The summed E-state index contributed by atoms with van der Waals surface area (Å²) in [4.78, 5) is 13.0. The third-order valence-corrected chi connectivity index (χ3v) is 13.2. The van der Waals surface area contributed by atoms with Crippen LogP contribution in [0.25, 0.3) is 0 Å². The Morgan fingerprint density at radius 1 is 0.797 bits per heavy atom. The lowest BCUT2D eigenvalue weighted by Gasteiger charge is -2.30. The van der Waals surface area contributed by atoms with Gasteiger partial charge in [-0.05, 0) is 87.9 Å². The summed E-state index contributed by atoms with van der Waals surface area (Å²) in [5, 5.41) is 0. The SMILES string of the molecule is COCC[N+]1=C(C=CC=CC=CC=C2N(CCCCCC(=O)NN)c3ccc(S(=O)(=O)[O-])cc3C2(C)CCOC)C(C)(CCCS(=O)(=O)[O-])c2cc(S(=O)(=O)[O-])ccc21. The van der Waals surface area contributed by atoms with Crippen LogP contribution in [-0.2, 0) is 55.5 Å². The molecule has 19 heteroatoms. The van der Waals surface area contributed by atoms with Gasteiger partial charge in [-0.25, -0.2) is 31.1 Å². The summed E-state index contributed by atoms with van der Waals surface area (Å²) in [6.45, 7) is 5.32. The first kappa shape index (κ1) is 47.6. The van der Waals surface area contributed by atoms with Gasteiger partial charge < -0.3 is 28.0 Å². The van der Waals surface area contributed by atoms with E-state index in [1.54, 1.807) is 37.5 Å². The van der Waals surface area contributed by atoms with Crippen molar-refractivity contribution >= 4 is 53.3 Å². The third kappa shape index (κ3) is 11.8. The number of amides is 1. The molecule has 2 aromatic rings. The summed E-state index contributed by atoms with van der Waals surface area (Å²) in [5.41, 5.74) is 4.51. The summed E-state index contributed by atoms with van der Waals surface area (Å²) in [6, 6.07) is 8.46. The molecular formula is C40H52N4O12S3-2. The summed E-state index contributed by atoms with van der Waals surface area (Å²) < 4.78 is 119. The molecule has 324 valence electrons. The molecule has 2 heterocycles. The van der Waals surface area contributed by atoms with Crippen LogP contribution in [-0.4, -0.2) is 101 Å². The van der Waals surface area contributed by atoms with Gasteiger partial charge >= 0.3 is 0 Å². The number of rotatable bonds is 22. The van der Waals surface area contributed by atoms with Crippen molar-refractivity contribution in [2.45, 2.75) is 79.4 Å². The first-order chi connectivity index (χ1) is 27.7. The number of nitrogens with zero attached hydrogens (tertiary/aromatic N) is 2. The van der Waals surface area contributed by atoms with Gasteiger partial charge in [-0.1, -0.05) is 36.8 Å². The second kappa shape index (κ2) is 20.0. The van der Waals surface area contributed by atoms with E-state index < -0.39 is 51.8 Å². The monoisotopic (exact) mass is 876 g/mol. The van der Waals surface area contributed by atoms with Gasteiger partial charge in [-0.3, -0.25) is 10.2 Å². The van der Waals surface area contributed by atoms with Crippen LogP contribution < -0.4 is 16.2 Å². The molecule has 0 radical (unpaired) electrons. The van der Waals surface area contributed by atoms with Crippen molar-refractivity contribution in [2.24, 2.45) is 5.84 Å². The molecule has 2 aromatic carbocycles. The number of carbonyl (C=O) groups is 1. The van der Waals surface area contributed by atoms with E-state index in [9.17, 15) is 43.7 Å². The highest BCUT2D eigenvalue weighted by Gasteiger charge is 2.48. The van der Waals surface area contributed by atoms with Crippen molar-refractivity contribution in [2.75, 3.05) is 51.2 Å². The number of ether oxygens (including phenoxy) is 2. The number of anilines is 1. The van der Waals surface area contributed by atoms with Gasteiger partial charge in [0.05, 0.1) is 25.3 Å². The van der Waals surface area contributed by atoms with Crippen molar-refractivity contribution in [3.05, 3.63) is 95.8 Å². The molecular weight excluding hydrogens is 825 g/mol. The van der Waals surface area contributed by atoms with Crippen molar-refractivity contribution in [1.82, 2.24) is 5.43 Å². The molecule has 0 saturated heterocycles. The molecule has 0 aliphatic carbocycles. The molecule has 2 aliphatic rings. The van der Waals surface area contributed by atoms with E-state index in [-0.39, 0.29) is 30.1 Å².